The van der Waals surface area contributed by atoms with Gasteiger partial charge in [-0.1, -0.05) is 27.7 Å². The minimum atomic E-state index is -4.14. The number of Topliss-reactive ketones (excluding diaryl/α,β-unsaturated/α-hetero) is 1. The van der Waals surface area contributed by atoms with E-state index in [0.29, 0.717) is 25.4 Å². The fourth-order valence-electron chi connectivity index (χ4n) is 3.79. The standard InChI is InChI=1S/C19H33F3O2/c1-13(2)11-17(3,4)12-24-18(5,6)16(23)14-7-9-15(10-8-14)19(20,21)22/h13-15H,7-12H2,1-6H3. The van der Waals surface area contributed by atoms with E-state index in [4.69, 9.17) is 4.74 Å². The van der Waals surface area contributed by atoms with Crippen molar-refractivity contribution in [1.82, 2.24) is 0 Å². The van der Waals surface area contributed by atoms with Crippen LogP contribution in [0.4, 0.5) is 13.2 Å². The molecule has 1 aliphatic carbocycles. The summed E-state index contributed by atoms with van der Waals surface area (Å²) in [7, 11) is 0. The maximum Gasteiger partial charge on any atom is 0.391 e. The van der Waals surface area contributed by atoms with Crippen molar-refractivity contribution in [1.29, 1.82) is 0 Å². The Bertz CT molecular complexity index is 417. The van der Waals surface area contributed by atoms with Crippen LogP contribution in [0.3, 0.4) is 0 Å². The van der Waals surface area contributed by atoms with Gasteiger partial charge in [0.2, 0.25) is 0 Å². The summed E-state index contributed by atoms with van der Waals surface area (Å²) in [5, 5.41) is 0. The van der Waals surface area contributed by atoms with Crippen LogP contribution in [0.25, 0.3) is 0 Å². The molecule has 0 unspecified atom stereocenters. The SMILES string of the molecule is CC(C)CC(C)(C)COC(C)(C)C(=O)C1CCC(C(F)(F)F)CC1. The van der Waals surface area contributed by atoms with Crippen LogP contribution >= 0.6 is 0 Å². The molecule has 1 saturated carbocycles. The largest absolute Gasteiger partial charge is 0.391 e. The lowest BCUT2D eigenvalue weighted by molar-refractivity contribution is -0.186. The summed E-state index contributed by atoms with van der Waals surface area (Å²) in [6.07, 6.45) is -2.42. The Morgan fingerprint density at radius 1 is 1.04 bits per heavy atom. The van der Waals surface area contributed by atoms with E-state index in [1.165, 1.54) is 0 Å². The average molecular weight is 350 g/mol. The van der Waals surface area contributed by atoms with Crippen molar-refractivity contribution < 1.29 is 22.7 Å². The maximum absolute atomic E-state index is 12.7. The van der Waals surface area contributed by atoms with Gasteiger partial charge in [-0.3, -0.25) is 4.79 Å². The first-order chi connectivity index (χ1) is 10.7. The molecule has 0 aromatic rings. The Hall–Kier alpha value is -0.580. The zero-order valence-corrected chi connectivity index (χ0v) is 15.9. The van der Waals surface area contributed by atoms with E-state index in [-0.39, 0.29) is 30.0 Å². The van der Waals surface area contributed by atoms with E-state index >= 15 is 0 Å². The molecule has 0 radical (unpaired) electrons. The van der Waals surface area contributed by atoms with Crippen molar-refractivity contribution in [3.8, 4) is 0 Å². The molecule has 24 heavy (non-hydrogen) atoms. The van der Waals surface area contributed by atoms with Gasteiger partial charge in [-0.25, -0.2) is 0 Å². The average Bonchev–Trinajstić information content (AvgIpc) is 2.42. The number of ether oxygens (including phenoxy) is 1. The van der Waals surface area contributed by atoms with Crippen LogP contribution in [0.5, 0.6) is 0 Å². The van der Waals surface area contributed by atoms with Crippen LogP contribution in [0.15, 0.2) is 0 Å². The Kier molecular flexibility index (Phi) is 6.94. The van der Waals surface area contributed by atoms with Crippen molar-refractivity contribution in [2.45, 2.75) is 85.4 Å². The van der Waals surface area contributed by atoms with Crippen LogP contribution < -0.4 is 0 Å². The number of halogens is 3. The molecule has 0 spiro atoms. The van der Waals surface area contributed by atoms with Gasteiger partial charge in [-0.2, -0.15) is 13.2 Å². The highest BCUT2D eigenvalue weighted by molar-refractivity contribution is 5.88. The lowest BCUT2D eigenvalue weighted by atomic mass is 9.76. The van der Waals surface area contributed by atoms with Gasteiger partial charge in [0.15, 0.2) is 5.78 Å². The van der Waals surface area contributed by atoms with Gasteiger partial charge in [0.1, 0.15) is 5.60 Å². The summed E-state index contributed by atoms with van der Waals surface area (Å²) in [5.41, 5.74) is -0.969. The third kappa shape index (κ3) is 6.38. The molecule has 1 aliphatic rings. The molecule has 1 fully saturated rings. The highest BCUT2D eigenvalue weighted by Gasteiger charge is 2.44. The van der Waals surface area contributed by atoms with Gasteiger partial charge in [-0.05, 0) is 57.3 Å². The van der Waals surface area contributed by atoms with Crippen LogP contribution in [0.1, 0.15) is 73.6 Å². The topological polar surface area (TPSA) is 26.3 Å². The lowest BCUT2D eigenvalue weighted by Gasteiger charge is -2.36. The number of carbonyl (C=O) groups excluding carboxylic acids is 1. The Morgan fingerprint density at radius 3 is 1.96 bits per heavy atom. The van der Waals surface area contributed by atoms with Gasteiger partial charge < -0.3 is 4.74 Å². The predicted octanol–water partition coefficient (Wildman–Crippen LogP) is 5.79. The normalized spacial score (nSPS) is 23.6. The maximum atomic E-state index is 12.7. The minimum absolute atomic E-state index is 0.0281. The van der Waals surface area contributed by atoms with Gasteiger partial charge in [0, 0.05) is 5.92 Å². The second kappa shape index (κ2) is 7.76. The van der Waals surface area contributed by atoms with Gasteiger partial charge in [0.05, 0.1) is 12.5 Å². The van der Waals surface area contributed by atoms with Crippen LogP contribution in [-0.4, -0.2) is 24.2 Å². The Morgan fingerprint density at radius 2 is 1.54 bits per heavy atom. The van der Waals surface area contributed by atoms with Crippen molar-refractivity contribution >= 4 is 5.78 Å². The first-order valence-electron chi connectivity index (χ1n) is 8.99. The van der Waals surface area contributed by atoms with Crippen LogP contribution in [0.2, 0.25) is 0 Å². The van der Waals surface area contributed by atoms with E-state index in [9.17, 15) is 18.0 Å². The number of alkyl halides is 3. The van der Waals surface area contributed by atoms with Crippen LogP contribution in [0, 0.1) is 23.2 Å². The number of carbonyl (C=O) groups is 1. The lowest BCUT2D eigenvalue weighted by Crippen LogP contribution is -2.43. The molecule has 0 saturated heterocycles. The molecular weight excluding hydrogens is 317 g/mol. The molecular formula is C19H33F3O2. The molecule has 142 valence electrons. The van der Waals surface area contributed by atoms with E-state index < -0.39 is 17.7 Å². The summed E-state index contributed by atoms with van der Waals surface area (Å²) >= 11 is 0. The molecule has 0 aromatic carbocycles. The van der Waals surface area contributed by atoms with Crippen molar-refractivity contribution in [3.05, 3.63) is 0 Å². The molecule has 1 rings (SSSR count). The third-order valence-electron chi connectivity index (χ3n) is 4.94. The zero-order valence-electron chi connectivity index (χ0n) is 15.9. The van der Waals surface area contributed by atoms with E-state index in [0.717, 1.165) is 6.42 Å². The quantitative estimate of drug-likeness (QED) is 0.581. The summed E-state index contributed by atoms with van der Waals surface area (Å²) in [6.45, 7) is 12.5. The zero-order chi connectivity index (χ0) is 18.8. The second-order valence-electron chi connectivity index (χ2n) is 9.02. The van der Waals surface area contributed by atoms with Crippen molar-refractivity contribution in [3.63, 3.8) is 0 Å². The molecule has 2 nitrogen and oxygen atoms in total. The van der Waals surface area contributed by atoms with Gasteiger partial charge >= 0.3 is 6.18 Å². The number of ketones is 1. The van der Waals surface area contributed by atoms with Crippen LogP contribution in [-0.2, 0) is 9.53 Å². The summed E-state index contributed by atoms with van der Waals surface area (Å²) in [4.78, 5) is 12.7. The fourth-order valence-corrected chi connectivity index (χ4v) is 3.79. The minimum Gasteiger partial charge on any atom is -0.367 e. The van der Waals surface area contributed by atoms with Gasteiger partial charge in [0.25, 0.3) is 0 Å². The molecule has 0 atom stereocenters. The molecule has 0 amide bonds. The molecule has 5 heteroatoms. The smallest absolute Gasteiger partial charge is 0.367 e. The first kappa shape index (κ1) is 21.5. The van der Waals surface area contributed by atoms with Gasteiger partial charge in [-0.15, -0.1) is 0 Å². The highest BCUT2D eigenvalue weighted by atomic mass is 19.4. The highest BCUT2D eigenvalue weighted by Crippen LogP contribution is 2.41. The molecule has 0 N–H and O–H groups in total. The van der Waals surface area contributed by atoms with Crippen molar-refractivity contribution in [2.24, 2.45) is 23.2 Å². The van der Waals surface area contributed by atoms with Crippen molar-refractivity contribution in [2.75, 3.05) is 6.61 Å². The van der Waals surface area contributed by atoms with E-state index in [2.05, 4.69) is 27.7 Å². The fraction of sp³-hybridized carbons (Fsp3) is 0.947. The Balaban J connectivity index is 2.57. The predicted molar refractivity (Wildman–Crippen MR) is 89.8 cm³/mol. The third-order valence-corrected chi connectivity index (χ3v) is 4.94. The second-order valence-corrected chi connectivity index (χ2v) is 9.02. The monoisotopic (exact) mass is 350 g/mol. The molecule has 0 heterocycles. The van der Waals surface area contributed by atoms with E-state index in [1.807, 2.05) is 0 Å². The summed E-state index contributed by atoms with van der Waals surface area (Å²) < 4.78 is 44.2. The first-order valence-corrected chi connectivity index (χ1v) is 8.99. The number of hydrogen-bond donors (Lipinski definition) is 0. The summed E-state index contributed by atoms with van der Waals surface area (Å²) in [5.74, 6) is -1.08. The number of rotatable bonds is 7. The number of hydrogen-bond acceptors (Lipinski definition) is 2. The van der Waals surface area contributed by atoms with E-state index in [1.54, 1.807) is 13.8 Å². The summed E-state index contributed by atoms with van der Waals surface area (Å²) in [6, 6.07) is 0. The Labute approximate surface area is 144 Å². The molecule has 0 aliphatic heterocycles. The molecule has 0 aromatic heterocycles. The molecule has 0 bridgehead atoms.